The highest BCUT2D eigenvalue weighted by molar-refractivity contribution is 6.32. The summed E-state index contributed by atoms with van der Waals surface area (Å²) in [4.78, 5) is 4.07. The third kappa shape index (κ3) is 1.71. The maximum atomic E-state index is 5.84. The zero-order chi connectivity index (χ0) is 8.27. The molecule has 0 aliphatic rings. The van der Waals surface area contributed by atoms with Crippen LogP contribution in [0.1, 0.15) is 12.6 Å². The van der Waals surface area contributed by atoms with Crippen molar-refractivity contribution >= 4 is 17.2 Å². The fraction of sp³-hybridized carbons (Fsp3) is 0.125. The van der Waals surface area contributed by atoms with Crippen LogP contribution in [0.15, 0.2) is 24.5 Å². The second-order valence-corrected chi connectivity index (χ2v) is 2.59. The van der Waals surface area contributed by atoms with E-state index in [1.165, 1.54) is 6.20 Å². The molecule has 11 heavy (non-hydrogen) atoms. The van der Waals surface area contributed by atoms with Crippen LogP contribution >= 0.6 is 11.6 Å². The number of halogens is 1. The maximum absolute atomic E-state index is 5.84. The first-order valence-corrected chi connectivity index (χ1v) is 3.63. The second kappa shape index (κ2) is 3.39. The van der Waals surface area contributed by atoms with Crippen LogP contribution < -0.4 is 5.73 Å². The summed E-state index contributed by atoms with van der Waals surface area (Å²) in [6.07, 6.45) is 3.18. The topological polar surface area (TPSA) is 38.9 Å². The summed E-state index contributed by atoms with van der Waals surface area (Å²) in [5.41, 5.74) is 6.94. The molecule has 58 valence electrons. The van der Waals surface area contributed by atoms with E-state index >= 15 is 0 Å². The number of hydrogen-bond donors (Lipinski definition) is 1. The monoisotopic (exact) mass is 168 g/mol. The van der Waals surface area contributed by atoms with E-state index < -0.39 is 0 Å². The first kappa shape index (κ1) is 8.08. The summed E-state index contributed by atoms with van der Waals surface area (Å²) in [5, 5.41) is 0.631. The minimum absolute atomic E-state index is 0.631. The third-order valence-electron chi connectivity index (χ3n) is 1.38. The molecular weight excluding hydrogens is 160 g/mol. The lowest BCUT2D eigenvalue weighted by Crippen LogP contribution is -1.89. The van der Waals surface area contributed by atoms with Gasteiger partial charge >= 0.3 is 0 Å². The molecule has 1 aromatic heterocycles. The molecule has 0 saturated heterocycles. The molecule has 0 fully saturated rings. The van der Waals surface area contributed by atoms with Gasteiger partial charge in [-0.15, -0.1) is 0 Å². The molecule has 1 rings (SSSR count). The third-order valence-corrected chi connectivity index (χ3v) is 1.69. The number of hydrogen-bond acceptors (Lipinski definition) is 2. The van der Waals surface area contributed by atoms with Gasteiger partial charge in [0.15, 0.2) is 0 Å². The van der Waals surface area contributed by atoms with Crippen LogP contribution in [0.3, 0.4) is 0 Å². The van der Waals surface area contributed by atoms with Crippen molar-refractivity contribution in [1.82, 2.24) is 4.98 Å². The minimum atomic E-state index is 0.631. The lowest BCUT2D eigenvalue weighted by atomic mass is 10.2. The van der Waals surface area contributed by atoms with Gasteiger partial charge in [0, 0.05) is 6.20 Å². The molecule has 2 N–H and O–H groups in total. The molecule has 0 bridgehead atoms. The van der Waals surface area contributed by atoms with Gasteiger partial charge in [-0.25, -0.2) is 0 Å². The van der Waals surface area contributed by atoms with Crippen molar-refractivity contribution in [3.8, 4) is 0 Å². The van der Waals surface area contributed by atoms with E-state index in [-0.39, 0.29) is 0 Å². The van der Waals surface area contributed by atoms with E-state index in [2.05, 4.69) is 4.98 Å². The number of allylic oxidation sites excluding steroid dienone is 1. The molecule has 0 radical (unpaired) electrons. The summed E-state index contributed by atoms with van der Waals surface area (Å²) < 4.78 is 0. The smallest absolute Gasteiger partial charge is 0.0859 e. The highest BCUT2D eigenvalue weighted by Gasteiger charge is 2.00. The number of rotatable bonds is 1. The predicted molar refractivity (Wildman–Crippen MR) is 47.1 cm³/mol. The van der Waals surface area contributed by atoms with Crippen molar-refractivity contribution < 1.29 is 0 Å². The first-order chi connectivity index (χ1) is 5.25. The standard InChI is InChI=1S/C8H9ClN2/c1-6(5-10)8-7(9)3-2-4-11-8/h2-5H,10H2,1H3/b6-5+. The molecule has 0 amide bonds. The molecule has 0 unspecified atom stereocenters. The minimum Gasteiger partial charge on any atom is -0.404 e. The van der Waals surface area contributed by atoms with Crippen LogP contribution in [-0.4, -0.2) is 4.98 Å². The molecule has 2 nitrogen and oxygen atoms in total. The summed E-state index contributed by atoms with van der Waals surface area (Å²) in [6.45, 7) is 1.87. The Bertz CT molecular complexity index is 281. The van der Waals surface area contributed by atoms with Gasteiger partial charge in [-0.2, -0.15) is 0 Å². The fourth-order valence-corrected chi connectivity index (χ4v) is 1.03. The zero-order valence-corrected chi connectivity index (χ0v) is 6.97. The summed E-state index contributed by atoms with van der Waals surface area (Å²) in [5.74, 6) is 0. The van der Waals surface area contributed by atoms with Gasteiger partial charge in [0.25, 0.3) is 0 Å². The Morgan fingerprint density at radius 1 is 1.73 bits per heavy atom. The van der Waals surface area contributed by atoms with Gasteiger partial charge < -0.3 is 5.73 Å². The second-order valence-electron chi connectivity index (χ2n) is 2.18. The first-order valence-electron chi connectivity index (χ1n) is 3.25. The Morgan fingerprint density at radius 3 is 3.00 bits per heavy atom. The SMILES string of the molecule is C/C(=C\N)c1ncccc1Cl. The Hall–Kier alpha value is -1.02. The number of aromatic nitrogens is 1. The van der Waals surface area contributed by atoms with E-state index in [0.29, 0.717) is 5.02 Å². The zero-order valence-electron chi connectivity index (χ0n) is 6.21. The van der Waals surface area contributed by atoms with E-state index in [0.717, 1.165) is 11.3 Å². The van der Waals surface area contributed by atoms with Crippen LogP contribution in [0.2, 0.25) is 5.02 Å². The van der Waals surface area contributed by atoms with Crippen molar-refractivity contribution in [2.75, 3.05) is 0 Å². The van der Waals surface area contributed by atoms with Gasteiger partial charge in [0.05, 0.1) is 10.7 Å². The Morgan fingerprint density at radius 2 is 2.45 bits per heavy atom. The highest BCUT2D eigenvalue weighted by Crippen LogP contribution is 2.19. The molecule has 0 aliphatic carbocycles. The van der Waals surface area contributed by atoms with Crippen molar-refractivity contribution in [3.05, 3.63) is 35.2 Å². The highest BCUT2D eigenvalue weighted by atomic mass is 35.5. The average molecular weight is 169 g/mol. The van der Waals surface area contributed by atoms with E-state index in [4.69, 9.17) is 17.3 Å². The van der Waals surface area contributed by atoms with E-state index in [1.807, 2.05) is 6.92 Å². The van der Waals surface area contributed by atoms with Crippen molar-refractivity contribution in [3.63, 3.8) is 0 Å². The van der Waals surface area contributed by atoms with Gasteiger partial charge in [0.2, 0.25) is 0 Å². The van der Waals surface area contributed by atoms with Crippen LogP contribution in [-0.2, 0) is 0 Å². The normalized spacial score (nSPS) is 11.6. The van der Waals surface area contributed by atoms with Gasteiger partial charge in [-0.1, -0.05) is 11.6 Å². The average Bonchev–Trinajstić information content (AvgIpc) is 2.04. The van der Waals surface area contributed by atoms with Crippen LogP contribution in [0, 0.1) is 0 Å². The Kier molecular flexibility index (Phi) is 2.49. The largest absolute Gasteiger partial charge is 0.404 e. The number of nitrogens with zero attached hydrogens (tertiary/aromatic N) is 1. The quantitative estimate of drug-likeness (QED) is 0.697. The molecule has 3 heteroatoms. The lowest BCUT2D eigenvalue weighted by Gasteiger charge is -2.00. The van der Waals surface area contributed by atoms with E-state index in [1.54, 1.807) is 18.3 Å². The van der Waals surface area contributed by atoms with Gasteiger partial charge in [-0.3, -0.25) is 4.98 Å². The summed E-state index contributed by atoms with van der Waals surface area (Å²) in [7, 11) is 0. The molecule has 0 aromatic carbocycles. The molecular formula is C8H9ClN2. The Labute approximate surface area is 70.7 Å². The Balaban J connectivity index is 3.14. The van der Waals surface area contributed by atoms with Crippen molar-refractivity contribution in [2.45, 2.75) is 6.92 Å². The molecule has 0 atom stereocenters. The summed E-state index contributed by atoms with van der Waals surface area (Å²) >= 11 is 5.84. The molecule has 0 aliphatic heterocycles. The summed E-state index contributed by atoms with van der Waals surface area (Å²) in [6, 6.07) is 3.58. The number of nitrogens with two attached hydrogens (primary N) is 1. The lowest BCUT2D eigenvalue weighted by molar-refractivity contribution is 1.26. The van der Waals surface area contributed by atoms with Gasteiger partial charge in [0.1, 0.15) is 0 Å². The predicted octanol–water partition coefficient (Wildman–Crippen LogP) is 2.05. The molecule has 0 spiro atoms. The number of pyridine rings is 1. The van der Waals surface area contributed by atoms with E-state index in [9.17, 15) is 0 Å². The van der Waals surface area contributed by atoms with Crippen molar-refractivity contribution in [2.24, 2.45) is 5.73 Å². The van der Waals surface area contributed by atoms with Crippen molar-refractivity contribution in [1.29, 1.82) is 0 Å². The fourth-order valence-electron chi connectivity index (χ4n) is 0.755. The molecule has 0 saturated carbocycles. The van der Waals surface area contributed by atoms with Crippen LogP contribution in [0.4, 0.5) is 0 Å². The van der Waals surface area contributed by atoms with Crippen LogP contribution in [0.5, 0.6) is 0 Å². The maximum Gasteiger partial charge on any atom is 0.0859 e. The molecule has 1 heterocycles. The van der Waals surface area contributed by atoms with Crippen LogP contribution in [0.25, 0.3) is 5.57 Å². The molecule has 1 aromatic rings. The van der Waals surface area contributed by atoms with Gasteiger partial charge in [-0.05, 0) is 30.8 Å².